The molecule has 5 N–H and O–H groups in total. The number of pyridine rings is 1. The molecule has 2 aromatic heterocycles. The molecule has 4 rings (SSSR count). The highest BCUT2D eigenvalue weighted by atomic mass is 35.5. The molecule has 0 bridgehead atoms. The Kier molecular flexibility index (Phi) is 5.72. The fraction of sp³-hybridized carbons (Fsp3) is 0.0435. The number of halogens is 1. The summed E-state index contributed by atoms with van der Waals surface area (Å²) in [6, 6.07) is 14.0. The van der Waals surface area contributed by atoms with Crippen molar-refractivity contribution in [2.45, 2.75) is 6.04 Å². The molecule has 2 amide bonds. The van der Waals surface area contributed by atoms with Crippen molar-refractivity contribution in [2.24, 2.45) is 5.73 Å². The molecule has 10 heteroatoms. The Balaban J connectivity index is 1.69. The van der Waals surface area contributed by atoms with Gasteiger partial charge in [-0.3, -0.25) is 19.0 Å². The number of amides is 2. The fourth-order valence-electron chi connectivity index (χ4n) is 3.57. The van der Waals surface area contributed by atoms with Crippen LogP contribution in [0.3, 0.4) is 0 Å². The highest BCUT2D eigenvalue weighted by Gasteiger charge is 2.30. The van der Waals surface area contributed by atoms with E-state index in [1.54, 1.807) is 42.6 Å². The first-order valence-electron chi connectivity index (χ1n) is 9.69. The van der Waals surface area contributed by atoms with Crippen molar-refractivity contribution in [3.8, 4) is 5.69 Å². The molecule has 0 saturated carbocycles. The van der Waals surface area contributed by atoms with Gasteiger partial charge in [0.25, 0.3) is 11.5 Å². The van der Waals surface area contributed by atoms with Gasteiger partial charge in [-0.05, 0) is 48.5 Å². The third-order valence-corrected chi connectivity index (χ3v) is 5.33. The topological polar surface area (TPSA) is 147 Å². The summed E-state index contributed by atoms with van der Waals surface area (Å²) < 4.78 is 1.41. The second-order valence-corrected chi connectivity index (χ2v) is 7.61. The van der Waals surface area contributed by atoms with E-state index in [0.717, 1.165) is 0 Å². The van der Waals surface area contributed by atoms with Crippen molar-refractivity contribution in [1.82, 2.24) is 14.9 Å². The number of H-pyrrole nitrogens is 1. The molecule has 4 aromatic rings. The van der Waals surface area contributed by atoms with Gasteiger partial charge in [-0.25, -0.2) is 4.79 Å². The van der Waals surface area contributed by atoms with E-state index < -0.39 is 23.8 Å². The molecule has 2 heterocycles. The number of aromatic carboxylic acids is 1. The van der Waals surface area contributed by atoms with Crippen molar-refractivity contribution in [3.63, 3.8) is 0 Å². The smallest absolute Gasteiger partial charge is 0.352 e. The van der Waals surface area contributed by atoms with E-state index in [9.17, 15) is 24.3 Å². The third kappa shape index (κ3) is 4.21. The SMILES string of the molecule is NC(=O)C(NC(=O)c1ccc(-n2ccccc2=O)cc1)c1c(C(=O)O)[nH]c2ccc(Cl)cc12. The van der Waals surface area contributed by atoms with E-state index in [2.05, 4.69) is 10.3 Å². The summed E-state index contributed by atoms with van der Waals surface area (Å²) in [4.78, 5) is 51.7. The van der Waals surface area contributed by atoms with Crippen molar-refractivity contribution < 1.29 is 19.5 Å². The molecule has 1 atom stereocenters. The standard InChI is InChI=1S/C23H17ClN4O5/c24-13-6-9-16-15(11-13)18(20(26-16)23(32)33)19(21(25)30)27-22(31)12-4-7-14(8-5-12)28-10-2-1-3-17(28)29/h1-11,19,26H,(H2,25,30)(H,27,31)(H,32,33). The van der Waals surface area contributed by atoms with Gasteiger partial charge < -0.3 is 21.1 Å². The van der Waals surface area contributed by atoms with Gasteiger partial charge in [0, 0.05) is 45.0 Å². The summed E-state index contributed by atoms with van der Waals surface area (Å²) in [5.41, 5.74) is 6.18. The molecule has 33 heavy (non-hydrogen) atoms. The summed E-state index contributed by atoms with van der Waals surface area (Å²) in [5.74, 6) is -2.92. The number of fused-ring (bicyclic) bond motifs is 1. The number of carboxylic acids is 1. The van der Waals surface area contributed by atoms with Crippen LogP contribution >= 0.6 is 11.6 Å². The molecule has 0 aliphatic rings. The van der Waals surface area contributed by atoms with Gasteiger partial charge in [0.15, 0.2) is 0 Å². The quantitative estimate of drug-likeness (QED) is 0.346. The molecule has 0 aliphatic heterocycles. The second kappa shape index (κ2) is 8.64. The van der Waals surface area contributed by atoms with Gasteiger partial charge in [-0.1, -0.05) is 17.7 Å². The number of nitrogens with zero attached hydrogens (tertiary/aromatic N) is 1. The first-order valence-corrected chi connectivity index (χ1v) is 10.1. The number of carbonyl (C=O) groups is 3. The molecule has 0 saturated heterocycles. The number of hydrogen-bond donors (Lipinski definition) is 4. The summed E-state index contributed by atoms with van der Waals surface area (Å²) in [5, 5.41) is 12.8. The molecule has 166 valence electrons. The van der Waals surface area contributed by atoms with Crippen LogP contribution < -0.4 is 16.6 Å². The van der Waals surface area contributed by atoms with Crippen LogP contribution in [-0.2, 0) is 4.79 Å². The molecule has 0 radical (unpaired) electrons. The lowest BCUT2D eigenvalue weighted by Crippen LogP contribution is -2.38. The predicted molar refractivity (Wildman–Crippen MR) is 122 cm³/mol. The first kappa shape index (κ1) is 21.8. The van der Waals surface area contributed by atoms with Gasteiger partial charge in [-0.15, -0.1) is 0 Å². The van der Waals surface area contributed by atoms with Crippen molar-refractivity contribution in [1.29, 1.82) is 0 Å². The van der Waals surface area contributed by atoms with Gasteiger partial charge in [-0.2, -0.15) is 0 Å². The van der Waals surface area contributed by atoms with Crippen LogP contribution in [0.25, 0.3) is 16.6 Å². The molecule has 9 nitrogen and oxygen atoms in total. The van der Waals surface area contributed by atoms with Crippen LogP contribution in [0.2, 0.25) is 5.02 Å². The minimum atomic E-state index is -1.44. The number of carbonyl (C=O) groups excluding carboxylic acids is 2. The van der Waals surface area contributed by atoms with Crippen LogP contribution in [0.4, 0.5) is 0 Å². The Morgan fingerprint density at radius 1 is 1.06 bits per heavy atom. The van der Waals surface area contributed by atoms with E-state index >= 15 is 0 Å². The maximum absolute atomic E-state index is 12.9. The summed E-state index contributed by atoms with van der Waals surface area (Å²) >= 11 is 6.05. The number of carboxylic acid groups (broad SMARTS) is 1. The summed E-state index contributed by atoms with van der Waals surface area (Å²) in [7, 11) is 0. The van der Waals surface area contributed by atoms with E-state index in [0.29, 0.717) is 21.6 Å². The van der Waals surface area contributed by atoms with Crippen molar-refractivity contribution >= 4 is 40.3 Å². The molecule has 0 spiro atoms. The molecular formula is C23H17ClN4O5. The van der Waals surface area contributed by atoms with E-state index in [4.69, 9.17) is 17.3 Å². The van der Waals surface area contributed by atoms with Crippen LogP contribution in [0.15, 0.2) is 71.7 Å². The maximum atomic E-state index is 12.9. The highest BCUT2D eigenvalue weighted by Crippen LogP contribution is 2.31. The Morgan fingerprint density at radius 2 is 1.79 bits per heavy atom. The summed E-state index contributed by atoms with van der Waals surface area (Å²) in [6.45, 7) is 0. The van der Waals surface area contributed by atoms with E-state index in [1.807, 2.05) is 0 Å². The van der Waals surface area contributed by atoms with Crippen LogP contribution in [0.1, 0.15) is 32.5 Å². The average molecular weight is 465 g/mol. The van der Waals surface area contributed by atoms with Crippen molar-refractivity contribution in [2.75, 3.05) is 0 Å². The van der Waals surface area contributed by atoms with Gasteiger partial charge in [0.1, 0.15) is 11.7 Å². The highest BCUT2D eigenvalue weighted by molar-refractivity contribution is 6.31. The molecule has 0 fully saturated rings. The molecular weight excluding hydrogens is 448 g/mol. The molecule has 0 aliphatic carbocycles. The molecule has 1 unspecified atom stereocenters. The number of primary amides is 1. The average Bonchev–Trinajstić information content (AvgIpc) is 3.16. The van der Waals surface area contributed by atoms with Crippen LogP contribution in [0, 0.1) is 0 Å². The first-order chi connectivity index (χ1) is 15.8. The van der Waals surface area contributed by atoms with Crippen molar-refractivity contribution in [3.05, 3.63) is 99.1 Å². The molecule has 2 aromatic carbocycles. The summed E-state index contributed by atoms with van der Waals surface area (Å²) in [6.07, 6.45) is 1.59. The lowest BCUT2D eigenvalue weighted by atomic mass is 10.0. The fourth-order valence-corrected chi connectivity index (χ4v) is 3.74. The Morgan fingerprint density at radius 3 is 2.42 bits per heavy atom. The van der Waals surface area contributed by atoms with Crippen LogP contribution in [0.5, 0.6) is 0 Å². The Bertz CT molecular complexity index is 1460. The number of aromatic amines is 1. The largest absolute Gasteiger partial charge is 0.477 e. The van der Waals surface area contributed by atoms with E-state index in [-0.39, 0.29) is 22.4 Å². The van der Waals surface area contributed by atoms with Gasteiger partial charge >= 0.3 is 5.97 Å². The minimum absolute atomic E-state index is 0.00769. The number of aromatic nitrogens is 2. The number of hydrogen-bond acceptors (Lipinski definition) is 4. The lowest BCUT2D eigenvalue weighted by molar-refractivity contribution is -0.119. The van der Waals surface area contributed by atoms with Gasteiger partial charge in [0.2, 0.25) is 5.91 Å². The second-order valence-electron chi connectivity index (χ2n) is 7.17. The zero-order chi connectivity index (χ0) is 23.7. The van der Waals surface area contributed by atoms with E-state index in [1.165, 1.54) is 28.8 Å². The maximum Gasteiger partial charge on any atom is 0.352 e. The number of nitrogens with two attached hydrogens (primary N) is 1. The zero-order valence-corrected chi connectivity index (χ0v) is 17.7. The Labute approximate surface area is 191 Å². The number of rotatable bonds is 6. The lowest BCUT2D eigenvalue weighted by Gasteiger charge is -2.17. The zero-order valence-electron chi connectivity index (χ0n) is 16.9. The third-order valence-electron chi connectivity index (χ3n) is 5.09. The monoisotopic (exact) mass is 464 g/mol. The predicted octanol–water partition coefficient (Wildman–Crippen LogP) is 2.63. The minimum Gasteiger partial charge on any atom is -0.477 e. The normalized spacial score (nSPS) is 11.8. The van der Waals surface area contributed by atoms with Crippen LogP contribution in [-0.4, -0.2) is 32.4 Å². The Hall–Kier alpha value is -4.37. The number of benzene rings is 2. The van der Waals surface area contributed by atoms with Gasteiger partial charge in [0.05, 0.1) is 0 Å². The number of nitrogens with one attached hydrogen (secondary N) is 2.